The fourth-order valence-corrected chi connectivity index (χ4v) is 1.81. The zero-order valence-corrected chi connectivity index (χ0v) is 11.1. The highest BCUT2D eigenvalue weighted by Crippen LogP contribution is 2.14. The molecule has 7 heteroatoms. The number of imidazole rings is 1. The van der Waals surface area contributed by atoms with Crippen molar-refractivity contribution in [2.75, 3.05) is 11.9 Å². The third-order valence-electron chi connectivity index (χ3n) is 2.72. The topological polar surface area (TPSA) is 107 Å². The van der Waals surface area contributed by atoms with Gasteiger partial charge in [-0.15, -0.1) is 0 Å². The Bertz CT molecular complexity index is 686. The monoisotopic (exact) mass is 276 g/mol. The average Bonchev–Trinajstić information content (AvgIpc) is 2.76. The summed E-state index contributed by atoms with van der Waals surface area (Å²) in [5, 5.41) is 5.18. The third kappa shape index (κ3) is 3.47. The number of hydrogen-bond donors (Lipinski definition) is 4. The Morgan fingerprint density at radius 3 is 2.65 bits per heavy atom. The van der Waals surface area contributed by atoms with Gasteiger partial charge in [0.05, 0.1) is 17.6 Å². The van der Waals surface area contributed by atoms with Crippen LogP contribution >= 0.6 is 0 Å². The number of benzene rings is 1. The van der Waals surface area contributed by atoms with Crippen molar-refractivity contribution in [3.63, 3.8) is 0 Å². The molecule has 1 aromatic carbocycles. The Kier molecular flexibility index (Phi) is 4.19. The van der Waals surface area contributed by atoms with E-state index < -0.39 is 0 Å². The molecule has 0 aliphatic heterocycles. The molecule has 7 nitrogen and oxygen atoms in total. The molecular formula is C13H16N4O3. The van der Waals surface area contributed by atoms with Crippen LogP contribution in [0.2, 0.25) is 0 Å². The van der Waals surface area contributed by atoms with E-state index in [1.54, 1.807) is 18.2 Å². The van der Waals surface area contributed by atoms with Crippen molar-refractivity contribution in [1.29, 1.82) is 0 Å². The van der Waals surface area contributed by atoms with Crippen LogP contribution in [0.3, 0.4) is 0 Å². The number of hydrogen-bond acceptors (Lipinski definition) is 3. The van der Waals surface area contributed by atoms with Crippen LogP contribution in [-0.2, 0) is 9.59 Å². The average molecular weight is 276 g/mol. The minimum atomic E-state index is -0.313. The maximum absolute atomic E-state index is 11.7. The zero-order valence-electron chi connectivity index (χ0n) is 11.1. The highest BCUT2D eigenvalue weighted by atomic mass is 16.2. The summed E-state index contributed by atoms with van der Waals surface area (Å²) >= 11 is 0. The van der Waals surface area contributed by atoms with Gasteiger partial charge in [-0.1, -0.05) is 6.92 Å². The van der Waals surface area contributed by atoms with Crippen molar-refractivity contribution >= 4 is 28.5 Å². The molecule has 0 bridgehead atoms. The lowest BCUT2D eigenvalue weighted by molar-refractivity contribution is -0.124. The van der Waals surface area contributed by atoms with Gasteiger partial charge in [-0.05, 0) is 24.6 Å². The van der Waals surface area contributed by atoms with Gasteiger partial charge in [-0.25, -0.2) is 4.79 Å². The number of carbonyl (C=O) groups excluding carboxylic acids is 2. The van der Waals surface area contributed by atoms with E-state index in [-0.39, 0.29) is 24.0 Å². The second kappa shape index (κ2) is 6.05. The number of fused-ring (bicyclic) bond motifs is 1. The molecule has 0 atom stereocenters. The van der Waals surface area contributed by atoms with Gasteiger partial charge >= 0.3 is 5.69 Å². The van der Waals surface area contributed by atoms with Crippen LogP contribution in [0.25, 0.3) is 11.0 Å². The van der Waals surface area contributed by atoms with E-state index in [0.29, 0.717) is 23.1 Å². The van der Waals surface area contributed by atoms with Crippen LogP contribution in [0.4, 0.5) is 5.69 Å². The second-order valence-electron chi connectivity index (χ2n) is 4.41. The first-order chi connectivity index (χ1) is 9.58. The Morgan fingerprint density at radius 1 is 1.15 bits per heavy atom. The molecule has 0 spiro atoms. The Labute approximate surface area is 114 Å². The smallest absolute Gasteiger partial charge is 0.323 e. The minimum absolute atomic E-state index is 0.0689. The summed E-state index contributed by atoms with van der Waals surface area (Å²) in [7, 11) is 0. The van der Waals surface area contributed by atoms with Gasteiger partial charge in [-0.3, -0.25) is 9.59 Å². The van der Waals surface area contributed by atoms with E-state index in [9.17, 15) is 14.4 Å². The van der Waals surface area contributed by atoms with Gasteiger partial charge in [0.15, 0.2) is 0 Å². The molecule has 2 rings (SSSR count). The molecule has 0 radical (unpaired) electrons. The van der Waals surface area contributed by atoms with Gasteiger partial charge in [0, 0.05) is 12.1 Å². The van der Waals surface area contributed by atoms with Crippen LogP contribution < -0.4 is 16.3 Å². The van der Waals surface area contributed by atoms with E-state index >= 15 is 0 Å². The first-order valence-corrected chi connectivity index (χ1v) is 6.37. The van der Waals surface area contributed by atoms with Crippen LogP contribution in [0.1, 0.15) is 19.8 Å². The summed E-state index contributed by atoms with van der Waals surface area (Å²) in [6.45, 7) is 1.83. The van der Waals surface area contributed by atoms with E-state index in [2.05, 4.69) is 20.6 Å². The number of rotatable bonds is 5. The van der Waals surface area contributed by atoms with Crippen LogP contribution in [0.5, 0.6) is 0 Å². The Balaban J connectivity index is 1.95. The molecule has 4 N–H and O–H groups in total. The molecular weight excluding hydrogens is 260 g/mol. The lowest BCUT2D eigenvalue weighted by Crippen LogP contribution is -2.32. The molecule has 1 heterocycles. The SMILES string of the molecule is CCCC(=O)NCC(=O)Nc1ccc2[nH]c(=O)[nH]c2c1. The zero-order chi connectivity index (χ0) is 14.5. The summed E-state index contributed by atoms with van der Waals surface area (Å²) in [6, 6.07) is 5.02. The number of amides is 2. The van der Waals surface area contributed by atoms with Gasteiger partial charge in [0.2, 0.25) is 11.8 Å². The summed E-state index contributed by atoms with van der Waals surface area (Å²) in [5.41, 5.74) is 1.55. The number of nitrogens with one attached hydrogen (secondary N) is 4. The molecule has 2 aromatic rings. The Hall–Kier alpha value is -2.57. The van der Waals surface area contributed by atoms with Crippen LogP contribution in [-0.4, -0.2) is 28.3 Å². The predicted molar refractivity (Wildman–Crippen MR) is 75.5 cm³/mol. The predicted octanol–water partition coefficient (Wildman–Crippen LogP) is 0.711. The van der Waals surface area contributed by atoms with Gasteiger partial charge in [0.1, 0.15) is 0 Å². The third-order valence-corrected chi connectivity index (χ3v) is 2.72. The fraction of sp³-hybridized carbons (Fsp3) is 0.308. The van der Waals surface area contributed by atoms with E-state index in [0.717, 1.165) is 6.42 Å². The molecule has 0 unspecified atom stereocenters. The molecule has 0 saturated carbocycles. The highest BCUT2D eigenvalue weighted by molar-refractivity contribution is 5.95. The van der Waals surface area contributed by atoms with E-state index in [4.69, 9.17) is 0 Å². The van der Waals surface area contributed by atoms with Gasteiger partial charge in [0.25, 0.3) is 0 Å². The number of aromatic nitrogens is 2. The quantitative estimate of drug-likeness (QED) is 0.646. The first kappa shape index (κ1) is 13.9. The summed E-state index contributed by atoms with van der Waals surface area (Å²) in [4.78, 5) is 39.2. The van der Waals surface area contributed by atoms with Gasteiger partial charge in [-0.2, -0.15) is 0 Å². The lowest BCUT2D eigenvalue weighted by Gasteiger charge is -2.06. The molecule has 0 aliphatic carbocycles. The standard InChI is InChI=1S/C13H16N4O3/c1-2-3-11(18)14-7-12(19)15-8-4-5-9-10(6-8)17-13(20)16-9/h4-6H,2-3,7H2,1H3,(H,14,18)(H,15,19)(H2,16,17,20). The first-order valence-electron chi connectivity index (χ1n) is 6.37. The molecule has 1 aromatic heterocycles. The number of aromatic amines is 2. The summed E-state index contributed by atoms with van der Waals surface area (Å²) in [6.07, 6.45) is 1.15. The van der Waals surface area contributed by atoms with Crippen molar-refractivity contribution in [3.05, 3.63) is 28.7 Å². The van der Waals surface area contributed by atoms with Crippen molar-refractivity contribution < 1.29 is 9.59 Å². The fourth-order valence-electron chi connectivity index (χ4n) is 1.81. The number of H-pyrrole nitrogens is 2. The van der Waals surface area contributed by atoms with Crippen molar-refractivity contribution in [2.45, 2.75) is 19.8 Å². The van der Waals surface area contributed by atoms with Crippen molar-refractivity contribution in [3.8, 4) is 0 Å². The Morgan fingerprint density at radius 2 is 1.90 bits per heavy atom. The van der Waals surface area contributed by atoms with E-state index in [1.807, 2.05) is 6.92 Å². The summed E-state index contributed by atoms with van der Waals surface area (Å²) < 4.78 is 0. The maximum atomic E-state index is 11.7. The molecule has 2 amide bonds. The molecule has 0 saturated heterocycles. The van der Waals surface area contributed by atoms with E-state index in [1.165, 1.54) is 0 Å². The number of carbonyl (C=O) groups is 2. The molecule has 0 aliphatic rings. The minimum Gasteiger partial charge on any atom is -0.347 e. The number of anilines is 1. The van der Waals surface area contributed by atoms with Crippen LogP contribution in [0.15, 0.2) is 23.0 Å². The van der Waals surface area contributed by atoms with Gasteiger partial charge < -0.3 is 20.6 Å². The molecule has 20 heavy (non-hydrogen) atoms. The van der Waals surface area contributed by atoms with Crippen molar-refractivity contribution in [2.24, 2.45) is 0 Å². The van der Waals surface area contributed by atoms with Crippen LogP contribution in [0, 0.1) is 0 Å². The summed E-state index contributed by atoms with van der Waals surface area (Å²) in [5.74, 6) is -0.459. The maximum Gasteiger partial charge on any atom is 0.323 e. The normalized spacial score (nSPS) is 10.4. The largest absolute Gasteiger partial charge is 0.347 e. The molecule has 106 valence electrons. The van der Waals surface area contributed by atoms with Crippen molar-refractivity contribution in [1.82, 2.24) is 15.3 Å². The lowest BCUT2D eigenvalue weighted by atomic mass is 10.2. The second-order valence-corrected chi connectivity index (χ2v) is 4.41. The highest BCUT2D eigenvalue weighted by Gasteiger charge is 2.06. The molecule has 0 fully saturated rings.